The van der Waals surface area contributed by atoms with Crippen molar-refractivity contribution in [3.05, 3.63) is 22.9 Å². The van der Waals surface area contributed by atoms with Gasteiger partial charge in [-0.25, -0.2) is 4.79 Å². The van der Waals surface area contributed by atoms with E-state index in [1.165, 1.54) is 0 Å². The molecule has 1 aromatic rings. The lowest BCUT2D eigenvalue weighted by molar-refractivity contribution is 0.0206. The van der Waals surface area contributed by atoms with E-state index in [0.29, 0.717) is 25.3 Å². The summed E-state index contributed by atoms with van der Waals surface area (Å²) in [6.07, 6.45) is 7.90. The molecule has 1 aromatic heterocycles. The third-order valence-corrected chi connectivity index (χ3v) is 3.13. The average Bonchev–Trinajstić information content (AvgIpc) is 2.68. The summed E-state index contributed by atoms with van der Waals surface area (Å²) in [5, 5.41) is 0. The van der Waals surface area contributed by atoms with Crippen molar-refractivity contribution in [1.29, 1.82) is 0 Å². The second kappa shape index (κ2) is 5.32. The molecule has 90 valence electrons. The molecule has 0 saturated heterocycles. The molecule has 16 heavy (non-hydrogen) atoms. The van der Waals surface area contributed by atoms with E-state index >= 15 is 0 Å². The van der Waals surface area contributed by atoms with Crippen LogP contribution < -0.4 is 11.4 Å². The number of hydrogen-bond acceptors (Lipinski definition) is 3. The fourth-order valence-corrected chi connectivity index (χ4v) is 2.10. The number of nitrogens with zero attached hydrogens (tertiary/aromatic N) is 1. The molecule has 0 unspecified atom stereocenters. The minimum Gasteiger partial charge on any atom is -0.376 e. The number of hydrogen-bond donors (Lipinski definition) is 2. The summed E-state index contributed by atoms with van der Waals surface area (Å²) < 4.78 is 7.35. The van der Waals surface area contributed by atoms with Crippen LogP contribution in [0.2, 0.25) is 0 Å². The van der Waals surface area contributed by atoms with Gasteiger partial charge in [-0.05, 0) is 25.7 Å². The molecule has 1 aliphatic carbocycles. The van der Waals surface area contributed by atoms with Crippen molar-refractivity contribution in [2.45, 2.75) is 44.4 Å². The zero-order valence-electron chi connectivity index (χ0n) is 9.39. The van der Waals surface area contributed by atoms with Crippen molar-refractivity contribution >= 4 is 0 Å². The molecule has 1 aliphatic rings. The van der Waals surface area contributed by atoms with Gasteiger partial charge >= 0.3 is 5.69 Å². The van der Waals surface area contributed by atoms with E-state index in [-0.39, 0.29) is 5.69 Å². The van der Waals surface area contributed by atoms with E-state index in [0.717, 1.165) is 25.7 Å². The molecule has 1 fully saturated rings. The van der Waals surface area contributed by atoms with Crippen molar-refractivity contribution in [2.24, 2.45) is 5.73 Å². The Kier molecular flexibility index (Phi) is 3.79. The number of H-pyrrole nitrogens is 1. The highest BCUT2D eigenvalue weighted by molar-refractivity contribution is 4.76. The van der Waals surface area contributed by atoms with Gasteiger partial charge in [-0.2, -0.15) is 0 Å². The molecular formula is C11H19N3O2. The third kappa shape index (κ3) is 2.96. The van der Waals surface area contributed by atoms with Gasteiger partial charge in [-0.15, -0.1) is 0 Å². The number of ether oxygens (including phenoxy) is 1. The molecule has 0 aliphatic heterocycles. The summed E-state index contributed by atoms with van der Waals surface area (Å²) in [5.41, 5.74) is 5.74. The Morgan fingerprint density at radius 1 is 1.44 bits per heavy atom. The first kappa shape index (κ1) is 11.4. The van der Waals surface area contributed by atoms with Crippen molar-refractivity contribution in [1.82, 2.24) is 9.55 Å². The van der Waals surface area contributed by atoms with E-state index < -0.39 is 0 Å². The summed E-state index contributed by atoms with van der Waals surface area (Å²) in [6.45, 7) is 1.21. The smallest absolute Gasteiger partial charge is 0.325 e. The zero-order chi connectivity index (χ0) is 11.4. The minimum atomic E-state index is -0.0748. The van der Waals surface area contributed by atoms with Crippen LogP contribution in [0.3, 0.4) is 0 Å². The van der Waals surface area contributed by atoms with Crippen LogP contribution in [-0.4, -0.2) is 28.3 Å². The minimum absolute atomic E-state index is 0.0748. The largest absolute Gasteiger partial charge is 0.376 e. The highest BCUT2D eigenvalue weighted by atomic mass is 16.5. The van der Waals surface area contributed by atoms with Crippen LogP contribution in [0.25, 0.3) is 0 Å². The second-order valence-electron chi connectivity index (χ2n) is 4.37. The number of rotatable bonds is 4. The highest BCUT2D eigenvalue weighted by Crippen LogP contribution is 2.19. The van der Waals surface area contributed by atoms with Crippen LogP contribution in [-0.2, 0) is 11.3 Å². The van der Waals surface area contributed by atoms with E-state index in [1.54, 1.807) is 17.0 Å². The second-order valence-corrected chi connectivity index (χ2v) is 4.37. The lowest BCUT2D eigenvalue weighted by atomic mass is 9.94. The Labute approximate surface area is 94.6 Å². The number of nitrogens with two attached hydrogens (primary N) is 1. The molecule has 0 radical (unpaired) electrons. The van der Waals surface area contributed by atoms with Crippen molar-refractivity contribution in [3.63, 3.8) is 0 Å². The lowest BCUT2D eigenvalue weighted by Gasteiger charge is -2.26. The Balaban J connectivity index is 1.69. The molecule has 3 N–H and O–H groups in total. The Bertz CT molecular complexity index is 363. The third-order valence-electron chi connectivity index (χ3n) is 3.13. The van der Waals surface area contributed by atoms with Crippen LogP contribution in [0, 0.1) is 0 Å². The molecule has 0 spiro atoms. The van der Waals surface area contributed by atoms with Gasteiger partial charge in [0.25, 0.3) is 0 Å². The summed E-state index contributed by atoms with van der Waals surface area (Å²) in [7, 11) is 0. The molecule has 0 atom stereocenters. The van der Waals surface area contributed by atoms with Gasteiger partial charge in [0.2, 0.25) is 0 Å². The molecule has 1 saturated carbocycles. The lowest BCUT2D eigenvalue weighted by Crippen LogP contribution is -2.31. The van der Waals surface area contributed by atoms with E-state index in [4.69, 9.17) is 10.5 Å². The Hall–Kier alpha value is -1.07. The molecule has 1 heterocycles. The van der Waals surface area contributed by atoms with Gasteiger partial charge in [-0.1, -0.05) is 0 Å². The van der Waals surface area contributed by atoms with Gasteiger partial charge in [0.05, 0.1) is 19.3 Å². The summed E-state index contributed by atoms with van der Waals surface area (Å²) >= 11 is 0. The number of imidazole rings is 1. The molecule has 0 aromatic carbocycles. The Morgan fingerprint density at radius 2 is 2.19 bits per heavy atom. The highest BCUT2D eigenvalue weighted by Gasteiger charge is 2.18. The van der Waals surface area contributed by atoms with Gasteiger partial charge in [-0.3, -0.25) is 4.57 Å². The van der Waals surface area contributed by atoms with Crippen LogP contribution in [0.5, 0.6) is 0 Å². The topological polar surface area (TPSA) is 73.0 Å². The molecule has 0 bridgehead atoms. The predicted octanol–water partition coefficient (Wildman–Crippen LogP) is 0.463. The van der Waals surface area contributed by atoms with Crippen molar-refractivity contribution in [3.8, 4) is 0 Å². The Morgan fingerprint density at radius 3 is 2.81 bits per heavy atom. The van der Waals surface area contributed by atoms with E-state index in [1.807, 2.05) is 0 Å². The normalized spacial score (nSPS) is 25.8. The SMILES string of the molecule is NC1CCC(OCCn2cc[nH]c2=O)CC1. The van der Waals surface area contributed by atoms with E-state index in [9.17, 15) is 4.79 Å². The van der Waals surface area contributed by atoms with Crippen LogP contribution in [0.4, 0.5) is 0 Å². The summed E-state index contributed by atoms with van der Waals surface area (Å²) in [6, 6.07) is 0.354. The maximum absolute atomic E-state index is 11.2. The number of aromatic nitrogens is 2. The first-order valence-electron chi connectivity index (χ1n) is 5.86. The van der Waals surface area contributed by atoms with Gasteiger partial charge in [0, 0.05) is 18.4 Å². The van der Waals surface area contributed by atoms with Crippen molar-refractivity contribution in [2.75, 3.05) is 6.61 Å². The first-order valence-corrected chi connectivity index (χ1v) is 5.86. The van der Waals surface area contributed by atoms with Crippen molar-refractivity contribution < 1.29 is 4.74 Å². The first-order chi connectivity index (χ1) is 7.75. The van der Waals surface area contributed by atoms with E-state index in [2.05, 4.69) is 4.98 Å². The average molecular weight is 225 g/mol. The van der Waals surface area contributed by atoms with Crippen LogP contribution >= 0.6 is 0 Å². The predicted molar refractivity (Wildman–Crippen MR) is 61.2 cm³/mol. The van der Waals surface area contributed by atoms with Gasteiger partial charge < -0.3 is 15.5 Å². The molecular weight excluding hydrogens is 206 g/mol. The quantitative estimate of drug-likeness (QED) is 0.782. The standard InChI is InChI=1S/C11H19N3O2/c12-9-1-3-10(4-2-9)16-8-7-14-6-5-13-11(14)15/h5-6,9-10H,1-4,7-8,12H2,(H,13,15). The summed E-state index contributed by atoms with van der Waals surface area (Å²) in [4.78, 5) is 13.8. The fraction of sp³-hybridized carbons (Fsp3) is 0.727. The number of nitrogens with one attached hydrogen (secondary N) is 1. The zero-order valence-corrected chi connectivity index (χ0v) is 9.39. The molecule has 5 nitrogen and oxygen atoms in total. The molecule has 2 rings (SSSR count). The maximum Gasteiger partial charge on any atom is 0.325 e. The molecule has 0 amide bonds. The molecule has 5 heteroatoms. The van der Waals surface area contributed by atoms with Crippen LogP contribution in [0.15, 0.2) is 17.2 Å². The van der Waals surface area contributed by atoms with Gasteiger partial charge in [0.15, 0.2) is 0 Å². The fourth-order valence-electron chi connectivity index (χ4n) is 2.10. The van der Waals surface area contributed by atoms with Crippen LogP contribution in [0.1, 0.15) is 25.7 Å². The summed E-state index contributed by atoms with van der Waals surface area (Å²) in [5.74, 6) is 0. The monoisotopic (exact) mass is 225 g/mol. The maximum atomic E-state index is 11.2. The van der Waals surface area contributed by atoms with Gasteiger partial charge in [0.1, 0.15) is 0 Å². The number of aromatic amines is 1.